The van der Waals surface area contributed by atoms with Crippen molar-refractivity contribution in [1.82, 2.24) is 0 Å². The van der Waals surface area contributed by atoms with Gasteiger partial charge in [-0.2, -0.15) is 0 Å². The molecule has 19 atom stereocenters. The van der Waals surface area contributed by atoms with Crippen molar-refractivity contribution in [2.24, 2.45) is 0 Å². The highest BCUT2D eigenvalue weighted by molar-refractivity contribution is 4.99. The van der Waals surface area contributed by atoms with E-state index in [1.807, 2.05) is 0 Å². The molecule has 4 heterocycles. The van der Waals surface area contributed by atoms with Gasteiger partial charge >= 0.3 is 0 Å². The van der Waals surface area contributed by atoms with Crippen LogP contribution in [-0.4, -0.2) is 226 Å². The van der Waals surface area contributed by atoms with E-state index in [-0.39, 0.29) is 5.48 Å². The molecular formula is C24H44O22. The minimum absolute atomic E-state index is 0. The van der Waals surface area contributed by atoms with Gasteiger partial charge < -0.3 is 110 Å². The topological polar surface area (TPSA) is 379 Å². The van der Waals surface area contributed by atoms with Gasteiger partial charge in [0.1, 0.15) is 98.2 Å². The van der Waals surface area contributed by atoms with Crippen LogP contribution in [0.15, 0.2) is 0 Å². The zero-order valence-electron chi connectivity index (χ0n) is 24.0. The average Bonchev–Trinajstić information content (AvgIpc) is 3.28. The summed E-state index contributed by atoms with van der Waals surface area (Å²) in [6, 6.07) is 0. The lowest BCUT2D eigenvalue weighted by atomic mass is 9.98. The van der Waals surface area contributed by atoms with Gasteiger partial charge in [-0.3, -0.25) is 0 Å². The Bertz CT molecular complexity index is 932. The number of rotatable bonds is 11. The van der Waals surface area contributed by atoms with Gasteiger partial charge in [0.2, 0.25) is 5.79 Å². The van der Waals surface area contributed by atoms with Crippen molar-refractivity contribution in [3.63, 3.8) is 0 Å². The molecule has 22 heteroatoms. The van der Waals surface area contributed by atoms with Gasteiger partial charge in [0, 0.05) is 0 Å². The molecule has 0 spiro atoms. The van der Waals surface area contributed by atoms with E-state index < -0.39 is 149 Å². The summed E-state index contributed by atoms with van der Waals surface area (Å²) in [5.74, 6) is -2.43. The Morgan fingerprint density at radius 1 is 0.457 bits per heavy atom. The zero-order valence-corrected chi connectivity index (χ0v) is 24.0. The van der Waals surface area contributed by atoms with E-state index in [4.69, 9.17) is 33.2 Å². The Labute approximate surface area is 260 Å². The van der Waals surface area contributed by atoms with Crippen LogP contribution in [-0.2, 0) is 33.2 Å². The molecule has 18 unspecified atom stereocenters. The van der Waals surface area contributed by atoms with E-state index in [1.165, 1.54) is 0 Å². The summed E-state index contributed by atoms with van der Waals surface area (Å²) < 4.78 is 37.6. The maximum atomic E-state index is 10.5. The number of ether oxygens (including phenoxy) is 7. The minimum Gasteiger partial charge on any atom is -0.412 e. The first-order chi connectivity index (χ1) is 21.2. The lowest BCUT2D eigenvalue weighted by molar-refractivity contribution is -0.388. The van der Waals surface area contributed by atoms with Gasteiger partial charge in [-0.1, -0.05) is 0 Å². The first-order valence-corrected chi connectivity index (χ1v) is 14.1. The Balaban J connectivity index is 0.00000576. The summed E-state index contributed by atoms with van der Waals surface area (Å²) in [6.07, 6.45) is -31.4. The fourth-order valence-electron chi connectivity index (χ4n) is 5.39. The minimum atomic E-state index is -2.43. The molecule has 4 fully saturated rings. The van der Waals surface area contributed by atoms with E-state index in [0.717, 1.165) is 0 Å². The molecule has 4 aliphatic heterocycles. The van der Waals surface area contributed by atoms with Crippen LogP contribution in [0.2, 0.25) is 0 Å². The second-order valence-corrected chi connectivity index (χ2v) is 11.3. The molecule has 4 saturated heterocycles. The van der Waals surface area contributed by atoms with Crippen LogP contribution < -0.4 is 0 Å². The fraction of sp³-hybridized carbons (Fsp3) is 1.00. The Morgan fingerprint density at radius 2 is 0.848 bits per heavy atom. The lowest BCUT2D eigenvalue weighted by Crippen LogP contribution is -2.64. The van der Waals surface area contributed by atoms with Gasteiger partial charge in [-0.15, -0.1) is 0 Å². The molecule has 4 aliphatic rings. The highest BCUT2D eigenvalue weighted by Crippen LogP contribution is 2.36. The molecule has 0 aromatic rings. The van der Waals surface area contributed by atoms with Crippen LogP contribution >= 0.6 is 0 Å². The van der Waals surface area contributed by atoms with Crippen LogP contribution in [0.1, 0.15) is 0 Å². The zero-order chi connectivity index (χ0) is 33.4. The highest BCUT2D eigenvalue weighted by atomic mass is 16.8. The molecule has 22 nitrogen and oxygen atoms in total. The Hall–Kier alpha value is -0.880. The van der Waals surface area contributed by atoms with Crippen LogP contribution in [0, 0.1) is 0 Å². The van der Waals surface area contributed by atoms with Gasteiger partial charge in [0.05, 0.1) is 26.4 Å². The molecule has 0 radical (unpaired) electrons. The smallest absolute Gasteiger partial charge is 0.224 e. The normalized spacial score (nSPS) is 51.5. The van der Waals surface area contributed by atoms with Gasteiger partial charge in [-0.05, 0) is 0 Å². The number of aliphatic hydroxyl groups excluding tert-OH is 14. The summed E-state index contributed by atoms with van der Waals surface area (Å²) in [5.41, 5.74) is 0. The lowest BCUT2D eigenvalue weighted by Gasteiger charge is -2.45. The monoisotopic (exact) mass is 684 g/mol. The fourth-order valence-corrected chi connectivity index (χ4v) is 5.39. The van der Waals surface area contributed by atoms with E-state index in [1.54, 1.807) is 0 Å². The molecule has 0 bridgehead atoms. The standard InChI is InChI=1S/C24H42O21.H2O/c25-1-6-10(28)14(32)17(35)21(41-6)39-3-8-11(29)15(33)18(36)22(42-8)40-4-9-12(30)16(34)19(37)23(43-9)45-24(5-27)20(38)13(31)7(2-26)44-24;/h6-23,25-38H,1-5H2;1H2/t6?,7?,8?,9?,10?,11?,12?,13?,14?,15?,16?,17?,18?,19?,20?,21?,22?,23?,24-;/m0./s1. The predicted molar refractivity (Wildman–Crippen MR) is 138 cm³/mol. The van der Waals surface area contributed by atoms with Crippen LogP contribution in [0.5, 0.6) is 0 Å². The van der Waals surface area contributed by atoms with Crippen molar-refractivity contribution in [3.8, 4) is 0 Å². The SMILES string of the molecule is O.OCC1OC(OCC2OC(OCC3OC(O[C@]4(CO)OC(CO)C(O)C4O)C(O)C(O)C3O)C(O)C(O)C2O)C(O)C(O)C1O. The number of hydrogen-bond donors (Lipinski definition) is 14. The summed E-state index contributed by atoms with van der Waals surface area (Å²) in [6.45, 7) is -4.02. The van der Waals surface area contributed by atoms with E-state index in [0.29, 0.717) is 0 Å². The maximum absolute atomic E-state index is 10.5. The van der Waals surface area contributed by atoms with Crippen molar-refractivity contribution in [2.75, 3.05) is 33.0 Å². The molecule has 46 heavy (non-hydrogen) atoms. The Morgan fingerprint density at radius 3 is 1.26 bits per heavy atom. The van der Waals surface area contributed by atoms with Crippen molar-refractivity contribution in [1.29, 1.82) is 0 Å². The van der Waals surface area contributed by atoms with Gasteiger partial charge in [0.15, 0.2) is 18.9 Å². The van der Waals surface area contributed by atoms with Crippen LogP contribution in [0.4, 0.5) is 0 Å². The predicted octanol–water partition coefficient (Wildman–Crippen LogP) is -10.6. The molecule has 4 rings (SSSR count). The van der Waals surface area contributed by atoms with Crippen molar-refractivity contribution in [3.05, 3.63) is 0 Å². The molecule has 0 aromatic heterocycles. The summed E-state index contributed by atoms with van der Waals surface area (Å²) in [7, 11) is 0. The summed E-state index contributed by atoms with van der Waals surface area (Å²) in [4.78, 5) is 0. The Kier molecular flexibility index (Phi) is 13.9. The average molecular weight is 685 g/mol. The van der Waals surface area contributed by atoms with Crippen LogP contribution in [0.3, 0.4) is 0 Å². The van der Waals surface area contributed by atoms with Crippen molar-refractivity contribution >= 4 is 0 Å². The maximum Gasteiger partial charge on any atom is 0.224 e. The third kappa shape index (κ3) is 7.63. The van der Waals surface area contributed by atoms with Gasteiger partial charge in [0.25, 0.3) is 0 Å². The quantitative estimate of drug-likeness (QED) is 0.0960. The van der Waals surface area contributed by atoms with E-state index in [2.05, 4.69) is 0 Å². The van der Waals surface area contributed by atoms with E-state index in [9.17, 15) is 71.5 Å². The molecular weight excluding hydrogens is 640 g/mol. The summed E-state index contributed by atoms with van der Waals surface area (Å²) in [5, 5.41) is 141. The summed E-state index contributed by atoms with van der Waals surface area (Å²) >= 11 is 0. The molecule has 272 valence electrons. The second-order valence-electron chi connectivity index (χ2n) is 11.3. The first-order valence-electron chi connectivity index (χ1n) is 14.1. The molecule has 0 aromatic carbocycles. The molecule has 0 amide bonds. The van der Waals surface area contributed by atoms with Crippen molar-refractivity contribution in [2.45, 2.75) is 116 Å². The van der Waals surface area contributed by atoms with Crippen LogP contribution in [0.25, 0.3) is 0 Å². The van der Waals surface area contributed by atoms with Gasteiger partial charge in [-0.25, -0.2) is 0 Å². The first kappa shape index (κ1) is 39.6. The highest BCUT2D eigenvalue weighted by Gasteiger charge is 2.58. The third-order valence-electron chi connectivity index (χ3n) is 8.26. The third-order valence-corrected chi connectivity index (χ3v) is 8.26. The molecule has 0 saturated carbocycles. The molecule has 0 aliphatic carbocycles. The number of hydrogen-bond acceptors (Lipinski definition) is 21. The second kappa shape index (κ2) is 16.2. The van der Waals surface area contributed by atoms with Crippen molar-refractivity contribution < 1.29 is 110 Å². The number of aliphatic hydroxyl groups is 14. The largest absolute Gasteiger partial charge is 0.412 e. The molecule has 16 N–H and O–H groups in total. The van der Waals surface area contributed by atoms with E-state index >= 15 is 0 Å².